The van der Waals surface area contributed by atoms with E-state index < -0.39 is 0 Å². The summed E-state index contributed by atoms with van der Waals surface area (Å²) >= 11 is 0. The third-order valence-electron chi connectivity index (χ3n) is 1.69. The lowest BCUT2D eigenvalue weighted by molar-refractivity contribution is -0.0970. The van der Waals surface area contributed by atoms with Crippen molar-refractivity contribution in [3.8, 4) is 11.8 Å². The Bertz CT molecular complexity index is 204. The van der Waals surface area contributed by atoms with Gasteiger partial charge in [0, 0.05) is 19.6 Å². The number of unbranched alkanes of at least 4 members (excludes halogenated alkanes) is 1. The van der Waals surface area contributed by atoms with Crippen LogP contribution in [-0.2, 0) is 9.47 Å². The predicted molar refractivity (Wildman–Crippen MR) is 63.5 cm³/mol. The highest BCUT2D eigenvalue weighted by molar-refractivity contribution is 5.03. The first-order valence-corrected chi connectivity index (χ1v) is 5.71. The highest BCUT2D eigenvalue weighted by Crippen LogP contribution is 1.95. The summed E-state index contributed by atoms with van der Waals surface area (Å²) in [6.07, 6.45) is 6.93. The Hall–Kier alpha value is -0.780. The van der Waals surface area contributed by atoms with Crippen molar-refractivity contribution in [3.63, 3.8) is 0 Å². The van der Waals surface area contributed by atoms with Crippen LogP contribution in [0.5, 0.6) is 0 Å². The molecule has 0 unspecified atom stereocenters. The van der Waals surface area contributed by atoms with Crippen molar-refractivity contribution in [2.45, 2.75) is 46.3 Å². The first kappa shape index (κ1) is 14.2. The van der Waals surface area contributed by atoms with Crippen molar-refractivity contribution in [2.75, 3.05) is 13.2 Å². The Labute approximate surface area is 93.7 Å². The Morgan fingerprint density at radius 2 is 1.73 bits per heavy atom. The minimum Gasteiger partial charge on any atom is -0.342 e. The molecule has 0 rings (SSSR count). The molecule has 0 fully saturated rings. The van der Waals surface area contributed by atoms with Gasteiger partial charge in [0.05, 0.1) is 0 Å². The molecule has 0 aromatic heterocycles. The van der Waals surface area contributed by atoms with Gasteiger partial charge in [-0.3, -0.25) is 0 Å². The summed E-state index contributed by atoms with van der Waals surface area (Å²) in [5, 5.41) is 0. The quantitative estimate of drug-likeness (QED) is 0.278. The third-order valence-corrected chi connectivity index (χ3v) is 1.69. The molecule has 0 N–H and O–H groups in total. The maximum atomic E-state index is 5.30. The van der Waals surface area contributed by atoms with E-state index in [0.29, 0.717) is 13.2 Å². The highest BCUT2D eigenvalue weighted by Gasteiger charge is 2.00. The molecule has 0 bridgehead atoms. The van der Waals surface area contributed by atoms with Crippen LogP contribution >= 0.6 is 0 Å². The summed E-state index contributed by atoms with van der Waals surface area (Å²) in [6, 6.07) is 0. The van der Waals surface area contributed by atoms with Crippen molar-refractivity contribution < 1.29 is 9.47 Å². The van der Waals surface area contributed by atoms with Gasteiger partial charge in [0.25, 0.3) is 0 Å². The molecule has 0 saturated heterocycles. The molecule has 0 aliphatic rings. The van der Waals surface area contributed by atoms with Gasteiger partial charge in [0.1, 0.15) is 0 Å². The van der Waals surface area contributed by atoms with E-state index in [1.807, 2.05) is 13.8 Å². The normalized spacial score (nSPS) is 10.7. The zero-order chi connectivity index (χ0) is 11.4. The molecule has 86 valence electrons. The Balaban J connectivity index is 3.73. The second kappa shape index (κ2) is 11.3. The van der Waals surface area contributed by atoms with Crippen molar-refractivity contribution in [1.29, 1.82) is 0 Å². The number of hydrogen-bond acceptors (Lipinski definition) is 2. The van der Waals surface area contributed by atoms with Gasteiger partial charge >= 0.3 is 0 Å². The maximum Gasteiger partial charge on any atom is 0.222 e. The molecule has 0 saturated carbocycles. The summed E-state index contributed by atoms with van der Waals surface area (Å²) in [4.78, 5) is 0. The second-order valence-corrected chi connectivity index (χ2v) is 2.98. The monoisotopic (exact) mass is 210 g/mol. The molecule has 0 spiro atoms. The summed E-state index contributed by atoms with van der Waals surface area (Å²) in [5.41, 5.74) is 0. The summed E-state index contributed by atoms with van der Waals surface area (Å²) in [5.74, 6) is 6.03. The van der Waals surface area contributed by atoms with Gasteiger partial charge in [0.2, 0.25) is 6.29 Å². The second-order valence-electron chi connectivity index (χ2n) is 2.98. The molecule has 2 nitrogen and oxygen atoms in total. The van der Waals surface area contributed by atoms with E-state index in [1.54, 1.807) is 0 Å². The lowest BCUT2D eigenvalue weighted by Gasteiger charge is -2.09. The van der Waals surface area contributed by atoms with Gasteiger partial charge < -0.3 is 9.47 Å². The summed E-state index contributed by atoms with van der Waals surface area (Å²) in [6.45, 7) is 7.28. The van der Waals surface area contributed by atoms with Crippen LogP contribution in [0.15, 0.2) is 12.2 Å². The van der Waals surface area contributed by atoms with Gasteiger partial charge in [-0.1, -0.05) is 25.0 Å². The van der Waals surface area contributed by atoms with E-state index in [-0.39, 0.29) is 6.29 Å². The number of rotatable bonds is 7. The fraction of sp³-hybridized carbons (Fsp3) is 0.692. The molecule has 0 aliphatic heterocycles. The van der Waals surface area contributed by atoms with Gasteiger partial charge in [-0.15, -0.1) is 0 Å². The molecule has 0 aromatic rings. The van der Waals surface area contributed by atoms with Crippen LogP contribution in [-0.4, -0.2) is 19.5 Å². The van der Waals surface area contributed by atoms with E-state index in [2.05, 4.69) is 30.9 Å². The van der Waals surface area contributed by atoms with Crippen LogP contribution in [0.2, 0.25) is 0 Å². The molecule has 2 heteroatoms. The van der Waals surface area contributed by atoms with Crippen molar-refractivity contribution in [3.05, 3.63) is 12.2 Å². The SMILES string of the molecule is CC/C=C\CCC#CC(OCC)OCC. The molecule has 0 atom stereocenters. The topological polar surface area (TPSA) is 18.5 Å². The first-order valence-electron chi connectivity index (χ1n) is 5.71. The minimum absolute atomic E-state index is 0.352. The zero-order valence-electron chi connectivity index (χ0n) is 10.1. The molecule has 0 aliphatic carbocycles. The average Bonchev–Trinajstić information content (AvgIpc) is 2.24. The maximum absolute atomic E-state index is 5.30. The van der Waals surface area contributed by atoms with Crippen LogP contribution in [0.4, 0.5) is 0 Å². The molecule has 0 heterocycles. The molecular formula is C13H22O2. The Morgan fingerprint density at radius 3 is 2.27 bits per heavy atom. The van der Waals surface area contributed by atoms with E-state index in [9.17, 15) is 0 Å². The molecule has 0 radical (unpaired) electrons. The van der Waals surface area contributed by atoms with Crippen molar-refractivity contribution in [1.82, 2.24) is 0 Å². The highest BCUT2D eigenvalue weighted by atomic mass is 16.7. The zero-order valence-corrected chi connectivity index (χ0v) is 10.1. The van der Waals surface area contributed by atoms with Crippen LogP contribution in [0.1, 0.15) is 40.0 Å². The van der Waals surface area contributed by atoms with Gasteiger partial charge in [-0.25, -0.2) is 0 Å². The predicted octanol–water partition coefficient (Wildman–Crippen LogP) is 3.14. The van der Waals surface area contributed by atoms with Crippen LogP contribution in [0.3, 0.4) is 0 Å². The van der Waals surface area contributed by atoms with Crippen LogP contribution in [0.25, 0.3) is 0 Å². The van der Waals surface area contributed by atoms with Crippen molar-refractivity contribution >= 4 is 0 Å². The average molecular weight is 210 g/mol. The summed E-state index contributed by atoms with van der Waals surface area (Å²) < 4.78 is 10.6. The number of ether oxygens (including phenoxy) is 2. The molecule has 0 amide bonds. The Kier molecular flexibility index (Phi) is 10.7. The molecule has 15 heavy (non-hydrogen) atoms. The fourth-order valence-corrected chi connectivity index (χ4v) is 1.03. The summed E-state index contributed by atoms with van der Waals surface area (Å²) in [7, 11) is 0. The van der Waals surface area contributed by atoms with Crippen LogP contribution < -0.4 is 0 Å². The smallest absolute Gasteiger partial charge is 0.222 e. The molecular weight excluding hydrogens is 188 g/mol. The van der Waals surface area contributed by atoms with E-state index in [1.165, 1.54) is 0 Å². The Morgan fingerprint density at radius 1 is 1.07 bits per heavy atom. The largest absolute Gasteiger partial charge is 0.342 e. The number of hydrogen-bond donors (Lipinski definition) is 0. The van der Waals surface area contributed by atoms with E-state index >= 15 is 0 Å². The molecule has 0 aromatic carbocycles. The van der Waals surface area contributed by atoms with Gasteiger partial charge in [-0.2, -0.15) is 0 Å². The lowest BCUT2D eigenvalue weighted by atomic mass is 10.3. The fourth-order valence-electron chi connectivity index (χ4n) is 1.03. The third kappa shape index (κ3) is 9.52. The first-order chi connectivity index (χ1) is 7.35. The van der Waals surface area contributed by atoms with Crippen LogP contribution in [0, 0.1) is 11.8 Å². The standard InChI is InChI=1S/C13H22O2/c1-4-7-8-9-10-11-12-13(14-5-2)15-6-3/h7-8,13H,4-6,9-10H2,1-3H3/b8-7-. The minimum atomic E-state index is -0.352. The van der Waals surface area contributed by atoms with E-state index in [4.69, 9.17) is 9.47 Å². The van der Waals surface area contributed by atoms with Gasteiger partial charge in [0.15, 0.2) is 0 Å². The van der Waals surface area contributed by atoms with E-state index in [0.717, 1.165) is 19.3 Å². The van der Waals surface area contributed by atoms with Crippen molar-refractivity contribution in [2.24, 2.45) is 0 Å². The lowest BCUT2D eigenvalue weighted by Crippen LogP contribution is -2.14. The number of allylic oxidation sites excluding steroid dienone is 2. The van der Waals surface area contributed by atoms with Gasteiger partial charge in [-0.05, 0) is 32.6 Å².